The molecule has 3 heterocycles. The summed E-state index contributed by atoms with van der Waals surface area (Å²) in [6.07, 6.45) is 8.35. The van der Waals surface area contributed by atoms with Crippen molar-refractivity contribution in [2.24, 2.45) is 35.5 Å². The lowest BCUT2D eigenvalue weighted by atomic mass is 9.78. The summed E-state index contributed by atoms with van der Waals surface area (Å²) in [5, 5.41) is 1.27. The second-order valence-corrected chi connectivity index (χ2v) is 12.6. The first kappa shape index (κ1) is 24.6. The second kappa shape index (κ2) is 9.88. The molecule has 0 radical (unpaired) electrons. The highest BCUT2D eigenvalue weighted by atomic mass is 35.5. The van der Waals surface area contributed by atoms with E-state index in [2.05, 4.69) is 34.1 Å². The van der Waals surface area contributed by atoms with Crippen LogP contribution in [0.1, 0.15) is 44.9 Å². The average Bonchev–Trinajstić information content (AvgIpc) is 3.66. The van der Waals surface area contributed by atoms with Gasteiger partial charge >= 0.3 is 0 Å². The van der Waals surface area contributed by atoms with Crippen molar-refractivity contribution < 1.29 is 9.59 Å². The topological polar surface area (TPSA) is 56.8 Å². The molecule has 2 aromatic rings. The molecule has 8 heteroatoms. The molecule has 2 saturated heterocycles. The molecule has 3 aliphatic carbocycles. The van der Waals surface area contributed by atoms with Crippen LogP contribution < -0.4 is 4.90 Å². The fourth-order valence-corrected chi connectivity index (χ4v) is 9.02. The third kappa shape index (κ3) is 4.06. The molecular formula is C28H37ClN4O2S. The average molecular weight is 529 g/mol. The van der Waals surface area contributed by atoms with Crippen molar-refractivity contribution in [3.8, 4) is 0 Å². The van der Waals surface area contributed by atoms with E-state index in [4.69, 9.17) is 4.37 Å². The summed E-state index contributed by atoms with van der Waals surface area (Å²) in [6, 6.07) is 8.54. The smallest absolute Gasteiger partial charge is 0.233 e. The van der Waals surface area contributed by atoms with Crippen molar-refractivity contribution in [2.75, 3.05) is 44.2 Å². The molecule has 1 aromatic carbocycles. The van der Waals surface area contributed by atoms with E-state index in [0.29, 0.717) is 30.2 Å². The lowest BCUT2D eigenvalue weighted by molar-refractivity contribution is -0.142. The lowest BCUT2D eigenvalue weighted by Gasteiger charge is -2.40. The molecule has 5 aliphatic rings. The number of likely N-dealkylation sites (tertiary alicyclic amines) is 1. The number of fused-ring (bicyclic) bond motifs is 6. The number of anilines is 1. The van der Waals surface area contributed by atoms with Crippen LogP contribution in [0.4, 0.5) is 5.82 Å². The Balaban J connectivity index is 0.00000240. The van der Waals surface area contributed by atoms with Crippen LogP contribution in [-0.4, -0.2) is 65.3 Å². The molecule has 5 fully saturated rings. The Morgan fingerprint density at radius 3 is 2.17 bits per heavy atom. The second-order valence-electron chi connectivity index (χ2n) is 11.8. The fourth-order valence-electron chi connectivity index (χ4n) is 8.22. The van der Waals surface area contributed by atoms with Gasteiger partial charge in [-0.3, -0.25) is 19.4 Å². The Bertz CT molecular complexity index is 1100. The zero-order valence-corrected chi connectivity index (χ0v) is 22.5. The summed E-state index contributed by atoms with van der Waals surface area (Å²) in [5.41, 5.74) is 0. The van der Waals surface area contributed by atoms with E-state index in [1.165, 1.54) is 29.3 Å². The largest absolute Gasteiger partial charge is 0.353 e. The first-order valence-electron chi connectivity index (χ1n) is 13.8. The van der Waals surface area contributed by atoms with E-state index < -0.39 is 0 Å². The predicted molar refractivity (Wildman–Crippen MR) is 145 cm³/mol. The van der Waals surface area contributed by atoms with Gasteiger partial charge in [0.2, 0.25) is 11.8 Å². The number of rotatable bonds is 5. The highest BCUT2D eigenvalue weighted by Gasteiger charge is 2.61. The van der Waals surface area contributed by atoms with E-state index >= 15 is 0 Å². The van der Waals surface area contributed by atoms with Gasteiger partial charge in [-0.2, -0.15) is 4.37 Å². The first-order chi connectivity index (χ1) is 17.2. The Labute approximate surface area is 224 Å². The molecule has 7 rings (SSSR count). The maximum absolute atomic E-state index is 13.3. The minimum atomic E-state index is 0. The van der Waals surface area contributed by atoms with Gasteiger partial charge in [0.05, 0.1) is 16.5 Å². The number of hydrogen-bond acceptors (Lipinski definition) is 6. The predicted octanol–water partition coefficient (Wildman–Crippen LogP) is 4.68. The molecule has 0 N–H and O–H groups in total. The number of piperazine rings is 1. The van der Waals surface area contributed by atoms with Crippen LogP contribution in [0.2, 0.25) is 0 Å². The first-order valence-corrected chi connectivity index (χ1v) is 14.6. The highest BCUT2D eigenvalue weighted by Crippen LogP contribution is 2.56. The van der Waals surface area contributed by atoms with Crippen molar-refractivity contribution in [3.05, 3.63) is 24.3 Å². The third-order valence-electron chi connectivity index (χ3n) is 10.0. The Morgan fingerprint density at radius 1 is 0.833 bits per heavy atom. The van der Waals surface area contributed by atoms with Gasteiger partial charge < -0.3 is 4.90 Å². The van der Waals surface area contributed by atoms with Crippen LogP contribution in [-0.2, 0) is 9.59 Å². The number of imide groups is 1. The Kier molecular flexibility index (Phi) is 6.76. The molecule has 194 valence electrons. The van der Waals surface area contributed by atoms with Gasteiger partial charge in [-0.15, -0.1) is 12.4 Å². The molecule has 0 spiro atoms. The van der Waals surface area contributed by atoms with E-state index in [-0.39, 0.29) is 36.1 Å². The van der Waals surface area contributed by atoms with Gasteiger partial charge in [-0.1, -0.05) is 25.0 Å². The molecule has 2 aliphatic heterocycles. The maximum Gasteiger partial charge on any atom is 0.233 e. The number of aromatic nitrogens is 1. The Hall–Kier alpha value is -1.70. The Morgan fingerprint density at radius 2 is 1.47 bits per heavy atom. The van der Waals surface area contributed by atoms with E-state index in [1.54, 1.807) is 16.4 Å². The van der Waals surface area contributed by atoms with Crippen molar-refractivity contribution in [1.29, 1.82) is 0 Å². The van der Waals surface area contributed by atoms with Gasteiger partial charge in [-0.25, -0.2) is 0 Å². The normalized spacial score (nSPS) is 34.4. The van der Waals surface area contributed by atoms with E-state index in [0.717, 1.165) is 64.2 Å². The summed E-state index contributed by atoms with van der Waals surface area (Å²) >= 11 is 1.60. The van der Waals surface area contributed by atoms with Crippen molar-refractivity contribution in [1.82, 2.24) is 14.2 Å². The van der Waals surface area contributed by atoms with Crippen LogP contribution >= 0.6 is 23.9 Å². The number of nitrogens with zero attached hydrogens (tertiary/aromatic N) is 4. The molecule has 6 atom stereocenters. The van der Waals surface area contributed by atoms with Crippen LogP contribution in [0.15, 0.2) is 24.3 Å². The summed E-state index contributed by atoms with van der Waals surface area (Å²) in [6.45, 7) is 5.93. The maximum atomic E-state index is 13.3. The number of hydrogen-bond donors (Lipinski definition) is 0. The van der Waals surface area contributed by atoms with Gasteiger partial charge in [0.15, 0.2) is 0 Å². The molecule has 2 amide bonds. The van der Waals surface area contributed by atoms with Gasteiger partial charge in [-0.05, 0) is 79.4 Å². The van der Waals surface area contributed by atoms with E-state index in [9.17, 15) is 9.59 Å². The summed E-state index contributed by atoms with van der Waals surface area (Å²) in [7, 11) is 0. The molecule has 6 nitrogen and oxygen atoms in total. The van der Waals surface area contributed by atoms with Gasteiger partial charge in [0.25, 0.3) is 0 Å². The van der Waals surface area contributed by atoms with Crippen LogP contribution in [0, 0.1) is 35.5 Å². The molecule has 3 saturated carbocycles. The molecular weight excluding hydrogens is 492 g/mol. The minimum Gasteiger partial charge on any atom is -0.353 e. The number of carbonyl (C=O) groups is 2. The summed E-state index contributed by atoms with van der Waals surface area (Å²) < 4.78 is 6.02. The standard InChI is InChI=1S/C28H36N4O2S.ClH/c33-27-24-18-9-10-19(15-18)25(24)28(34)32(27)17-21-6-2-1-5-20(21)16-30-11-13-31(14-12-30)26-22-7-3-4-8-23(22)35-29-26;/h3-4,7-8,18-21,24-25H,1-2,5-6,9-17H2;1H/t18-,19+,20-,21-,24-,25+;/m0./s1. The zero-order chi connectivity index (χ0) is 23.5. The van der Waals surface area contributed by atoms with Crippen LogP contribution in [0.25, 0.3) is 10.1 Å². The zero-order valence-electron chi connectivity index (χ0n) is 20.9. The monoisotopic (exact) mass is 528 g/mol. The lowest BCUT2D eigenvalue weighted by Crippen LogP contribution is -2.49. The highest BCUT2D eigenvalue weighted by molar-refractivity contribution is 7.13. The summed E-state index contributed by atoms with van der Waals surface area (Å²) in [5.74, 6) is 3.59. The molecule has 2 bridgehead atoms. The van der Waals surface area contributed by atoms with Gasteiger partial charge in [0, 0.05) is 44.7 Å². The van der Waals surface area contributed by atoms with Crippen molar-refractivity contribution in [3.63, 3.8) is 0 Å². The molecule has 1 aromatic heterocycles. The number of amides is 2. The molecule has 0 unspecified atom stereocenters. The van der Waals surface area contributed by atoms with E-state index in [1.807, 2.05) is 0 Å². The number of carbonyl (C=O) groups excluding carboxylic acids is 2. The van der Waals surface area contributed by atoms with Crippen molar-refractivity contribution in [2.45, 2.75) is 44.9 Å². The third-order valence-corrected chi connectivity index (χ3v) is 10.8. The van der Waals surface area contributed by atoms with Crippen LogP contribution in [0.5, 0.6) is 0 Å². The summed E-state index contributed by atoms with van der Waals surface area (Å²) in [4.78, 5) is 33.4. The fraction of sp³-hybridized carbons (Fsp3) is 0.679. The van der Waals surface area contributed by atoms with Crippen LogP contribution in [0.3, 0.4) is 0 Å². The minimum absolute atomic E-state index is 0. The number of halogens is 1. The quantitative estimate of drug-likeness (QED) is 0.527. The SMILES string of the molecule is Cl.O=C1[C@@H]2[C@@H]3CC[C@@H](C3)[C@@H]2C(=O)N1C[C@@H]1CCCC[C@H]1CN1CCN(c2nsc3ccccc23)CC1. The number of benzene rings is 1. The molecule has 36 heavy (non-hydrogen) atoms. The van der Waals surface area contributed by atoms with Crippen molar-refractivity contribution >= 4 is 51.7 Å². The van der Waals surface area contributed by atoms with Gasteiger partial charge in [0.1, 0.15) is 5.82 Å².